The molecule has 0 aliphatic heterocycles. The Kier molecular flexibility index (Phi) is 6.90. The van der Waals surface area contributed by atoms with Gasteiger partial charge in [-0.1, -0.05) is 158 Å². The number of hydrogen-bond acceptors (Lipinski definition) is 2. The van der Waals surface area contributed by atoms with Crippen LogP contribution in [0.1, 0.15) is 0 Å². The van der Waals surface area contributed by atoms with Crippen LogP contribution >= 0.6 is 0 Å². The van der Waals surface area contributed by atoms with Gasteiger partial charge in [0.2, 0.25) is 0 Å². The Morgan fingerprint density at radius 1 is 0.333 bits per heavy atom. The van der Waals surface area contributed by atoms with Crippen molar-refractivity contribution in [1.29, 1.82) is 0 Å². The van der Waals surface area contributed by atoms with Crippen LogP contribution in [0.15, 0.2) is 205 Å². The Balaban J connectivity index is 1.15. The first kappa shape index (κ1) is 30.5. The molecule has 0 unspecified atom stereocenters. The molecule has 0 atom stereocenters. The third-order valence-corrected chi connectivity index (χ3v) is 11.0. The largest absolute Gasteiger partial charge is 0.454 e. The molecule has 0 amide bonds. The molecule has 1 aromatic heterocycles. The van der Waals surface area contributed by atoms with Crippen molar-refractivity contribution in [2.75, 3.05) is 4.90 Å². The number of hydrogen-bond donors (Lipinski definition) is 0. The molecule has 252 valence electrons. The maximum atomic E-state index is 6.87. The molecule has 54 heavy (non-hydrogen) atoms. The molecule has 0 saturated heterocycles. The summed E-state index contributed by atoms with van der Waals surface area (Å²) >= 11 is 0. The summed E-state index contributed by atoms with van der Waals surface area (Å²) < 4.78 is 6.87. The second-order valence-corrected chi connectivity index (χ2v) is 14.1. The van der Waals surface area contributed by atoms with Gasteiger partial charge < -0.3 is 9.32 Å². The van der Waals surface area contributed by atoms with Crippen molar-refractivity contribution in [3.05, 3.63) is 200 Å². The van der Waals surface area contributed by atoms with E-state index in [2.05, 4.69) is 199 Å². The highest BCUT2D eigenvalue weighted by atomic mass is 16.3. The van der Waals surface area contributed by atoms with E-state index in [1.165, 1.54) is 54.2 Å². The second-order valence-electron chi connectivity index (χ2n) is 14.1. The van der Waals surface area contributed by atoms with Gasteiger partial charge in [0.15, 0.2) is 5.58 Å². The number of para-hydroxylation sites is 1. The second kappa shape index (κ2) is 12.2. The highest BCUT2D eigenvalue weighted by Crippen LogP contribution is 2.47. The fraction of sp³-hybridized carbons (Fsp3) is 0. The molecule has 10 aromatic carbocycles. The summed E-state index contributed by atoms with van der Waals surface area (Å²) in [5, 5.41) is 12.2. The minimum atomic E-state index is 0.861. The normalized spacial score (nSPS) is 11.7. The van der Waals surface area contributed by atoms with E-state index in [0.29, 0.717) is 0 Å². The first-order chi connectivity index (χ1) is 26.8. The van der Waals surface area contributed by atoms with Gasteiger partial charge in [-0.25, -0.2) is 0 Å². The molecule has 11 rings (SSSR count). The number of fused-ring (bicyclic) bond motifs is 9. The van der Waals surface area contributed by atoms with E-state index in [1.54, 1.807) is 0 Å². The van der Waals surface area contributed by atoms with Crippen LogP contribution in [0.5, 0.6) is 0 Å². The van der Waals surface area contributed by atoms with E-state index in [0.717, 1.165) is 50.1 Å². The van der Waals surface area contributed by atoms with Crippen LogP contribution in [-0.2, 0) is 0 Å². The number of anilines is 3. The van der Waals surface area contributed by atoms with E-state index in [9.17, 15) is 0 Å². The van der Waals surface area contributed by atoms with Crippen molar-refractivity contribution in [3.63, 3.8) is 0 Å². The summed E-state index contributed by atoms with van der Waals surface area (Å²) in [5.74, 6) is 0. The van der Waals surface area contributed by atoms with Crippen LogP contribution in [0.2, 0.25) is 0 Å². The van der Waals surface area contributed by atoms with Crippen LogP contribution in [0.3, 0.4) is 0 Å². The average Bonchev–Trinajstić information content (AvgIpc) is 3.64. The quantitative estimate of drug-likeness (QED) is 0.168. The molecule has 0 aliphatic rings. The standard InChI is InChI=1S/C52H33NO/c1-2-11-36(12-3-1)44-30-31-49(52-51(44)47-16-8-9-17-50(47)54-52)53(41-25-20-35(21-26-41)40-19-18-34-10-4-5-14-39(34)32-40)42-27-22-38-24-28-45-43-15-7-6-13-37(43)23-29-46(45)48(38)33-42/h1-33H. The van der Waals surface area contributed by atoms with Crippen molar-refractivity contribution in [2.45, 2.75) is 0 Å². The predicted molar refractivity (Wildman–Crippen MR) is 229 cm³/mol. The molecule has 0 spiro atoms. The van der Waals surface area contributed by atoms with E-state index in [4.69, 9.17) is 4.42 Å². The highest BCUT2D eigenvalue weighted by molar-refractivity contribution is 6.19. The molecule has 0 bridgehead atoms. The average molecular weight is 688 g/mol. The van der Waals surface area contributed by atoms with Crippen LogP contribution in [0.25, 0.3) is 87.3 Å². The number of rotatable bonds is 5. The zero-order valence-electron chi connectivity index (χ0n) is 29.4. The summed E-state index contributed by atoms with van der Waals surface area (Å²) in [7, 11) is 0. The number of furan rings is 1. The van der Waals surface area contributed by atoms with Gasteiger partial charge in [-0.05, 0) is 108 Å². The first-order valence-electron chi connectivity index (χ1n) is 18.5. The Morgan fingerprint density at radius 3 is 1.78 bits per heavy atom. The Labute approximate surface area is 312 Å². The SMILES string of the molecule is c1ccc(-c2ccc(N(c3ccc(-c4ccc5ccccc5c4)cc3)c3ccc4ccc5c6ccccc6ccc5c4c3)c3oc4ccccc4c23)cc1. The third-order valence-electron chi connectivity index (χ3n) is 11.0. The van der Waals surface area contributed by atoms with Gasteiger partial charge in [-0.3, -0.25) is 0 Å². The summed E-state index contributed by atoms with van der Waals surface area (Å²) in [4.78, 5) is 2.36. The van der Waals surface area contributed by atoms with E-state index in [1.807, 2.05) is 6.07 Å². The van der Waals surface area contributed by atoms with Gasteiger partial charge in [0.05, 0.1) is 5.69 Å². The molecule has 1 heterocycles. The van der Waals surface area contributed by atoms with E-state index >= 15 is 0 Å². The monoisotopic (exact) mass is 687 g/mol. The zero-order chi connectivity index (χ0) is 35.6. The van der Waals surface area contributed by atoms with Crippen molar-refractivity contribution in [1.82, 2.24) is 0 Å². The minimum Gasteiger partial charge on any atom is -0.454 e. The summed E-state index contributed by atoms with van der Waals surface area (Å²) in [6, 6.07) is 72.2. The number of benzene rings is 10. The number of nitrogens with zero attached hydrogens (tertiary/aromatic N) is 1. The van der Waals surface area contributed by atoms with Gasteiger partial charge in [0.25, 0.3) is 0 Å². The Bertz CT molecular complexity index is 3210. The first-order valence-corrected chi connectivity index (χ1v) is 18.5. The minimum absolute atomic E-state index is 0.861. The van der Waals surface area contributed by atoms with E-state index in [-0.39, 0.29) is 0 Å². The maximum absolute atomic E-state index is 6.87. The lowest BCUT2D eigenvalue weighted by atomic mass is 9.96. The molecule has 0 aliphatic carbocycles. The lowest BCUT2D eigenvalue weighted by Gasteiger charge is -2.27. The van der Waals surface area contributed by atoms with Crippen LogP contribution in [0, 0.1) is 0 Å². The summed E-state index contributed by atoms with van der Waals surface area (Å²) in [5.41, 5.74) is 9.54. The summed E-state index contributed by atoms with van der Waals surface area (Å²) in [6.45, 7) is 0. The third kappa shape index (κ3) is 4.88. The molecule has 2 nitrogen and oxygen atoms in total. The fourth-order valence-electron chi connectivity index (χ4n) is 8.39. The van der Waals surface area contributed by atoms with Crippen molar-refractivity contribution in [3.8, 4) is 22.3 Å². The lowest BCUT2D eigenvalue weighted by Crippen LogP contribution is -2.10. The van der Waals surface area contributed by atoms with Gasteiger partial charge in [-0.15, -0.1) is 0 Å². The van der Waals surface area contributed by atoms with Gasteiger partial charge in [-0.2, -0.15) is 0 Å². The van der Waals surface area contributed by atoms with Crippen LogP contribution in [0.4, 0.5) is 17.1 Å². The predicted octanol–water partition coefficient (Wildman–Crippen LogP) is 15.0. The maximum Gasteiger partial charge on any atom is 0.160 e. The fourth-order valence-corrected chi connectivity index (χ4v) is 8.39. The molecule has 0 saturated carbocycles. The molecule has 0 N–H and O–H groups in total. The molecule has 11 aromatic rings. The topological polar surface area (TPSA) is 16.4 Å². The molecular formula is C52H33NO. The smallest absolute Gasteiger partial charge is 0.160 e. The van der Waals surface area contributed by atoms with Gasteiger partial charge in [0.1, 0.15) is 5.58 Å². The van der Waals surface area contributed by atoms with E-state index < -0.39 is 0 Å². The Morgan fingerprint density at radius 2 is 0.944 bits per heavy atom. The molecule has 2 heteroatoms. The van der Waals surface area contributed by atoms with Crippen LogP contribution < -0.4 is 4.90 Å². The lowest BCUT2D eigenvalue weighted by molar-refractivity contribution is 0.669. The highest BCUT2D eigenvalue weighted by Gasteiger charge is 2.23. The van der Waals surface area contributed by atoms with Crippen molar-refractivity contribution in [2.24, 2.45) is 0 Å². The summed E-state index contributed by atoms with van der Waals surface area (Å²) in [6.07, 6.45) is 0. The van der Waals surface area contributed by atoms with Crippen molar-refractivity contribution >= 4 is 82.1 Å². The Hall–Kier alpha value is -7.16. The van der Waals surface area contributed by atoms with Gasteiger partial charge >= 0.3 is 0 Å². The van der Waals surface area contributed by atoms with Gasteiger partial charge in [0, 0.05) is 22.1 Å². The van der Waals surface area contributed by atoms with Crippen LogP contribution in [-0.4, -0.2) is 0 Å². The van der Waals surface area contributed by atoms with Crippen molar-refractivity contribution < 1.29 is 4.42 Å². The molecule has 0 radical (unpaired) electrons. The molecule has 0 fully saturated rings. The molecular weight excluding hydrogens is 655 g/mol. The zero-order valence-corrected chi connectivity index (χ0v) is 29.4.